The number of hydrogen-bond donors (Lipinski definition) is 4. The molecule has 2 atom stereocenters. The van der Waals surface area contributed by atoms with E-state index in [1.165, 1.54) is 6.92 Å². The smallest absolute Gasteiger partial charge is 0.345 e. The van der Waals surface area contributed by atoms with Gasteiger partial charge in [-0.05, 0) is 32.8 Å². The molecule has 1 aromatic heterocycles. The average Bonchev–Trinajstić information content (AvgIpc) is 2.63. The van der Waals surface area contributed by atoms with Crippen LogP contribution in [0.1, 0.15) is 49.3 Å². The Morgan fingerprint density at radius 3 is 2.50 bits per heavy atom. The molecule has 0 bridgehead atoms. The van der Waals surface area contributed by atoms with Crippen molar-refractivity contribution in [1.82, 2.24) is 20.2 Å². The summed E-state index contributed by atoms with van der Waals surface area (Å²) in [5, 5.41) is 20.4. The van der Waals surface area contributed by atoms with E-state index in [-0.39, 0.29) is 30.6 Å². The van der Waals surface area contributed by atoms with Gasteiger partial charge in [0.1, 0.15) is 5.69 Å². The normalized spacial score (nSPS) is 25.1. The Morgan fingerprint density at radius 2 is 2.00 bits per heavy atom. The lowest BCUT2D eigenvalue weighted by Crippen LogP contribution is -2.64. The molecule has 1 aromatic rings. The molecule has 2 aliphatic rings. The van der Waals surface area contributed by atoms with E-state index in [2.05, 4.69) is 15.3 Å². The Hall–Kier alpha value is -2.79. The lowest BCUT2D eigenvalue weighted by atomic mass is 9.75. The number of aliphatic hydroxyl groups is 1. The number of aromatic nitrogens is 2. The highest BCUT2D eigenvalue weighted by atomic mass is 16.5. The number of nitrogens with one attached hydrogen (secondary N) is 2. The van der Waals surface area contributed by atoms with E-state index >= 15 is 0 Å². The van der Waals surface area contributed by atoms with E-state index in [1.807, 2.05) is 0 Å². The van der Waals surface area contributed by atoms with Gasteiger partial charge in [-0.1, -0.05) is 0 Å². The number of carbonyl (C=O) groups excluding carboxylic acids is 2. The Bertz CT molecular complexity index is 844. The van der Waals surface area contributed by atoms with Crippen molar-refractivity contribution < 1.29 is 29.3 Å². The molecule has 166 valence electrons. The van der Waals surface area contributed by atoms with Crippen LogP contribution in [0, 0.1) is 6.92 Å². The van der Waals surface area contributed by atoms with Gasteiger partial charge in [-0.2, -0.15) is 4.98 Å². The molecule has 0 saturated carbocycles. The van der Waals surface area contributed by atoms with E-state index < -0.39 is 22.9 Å². The molecule has 0 aliphatic carbocycles. The second-order valence-electron chi connectivity index (χ2n) is 7.93. The lowest BCUT2D eigenvalue weighted by Gasteiger charge is -2.51. The van der Waals surface area contributed by atoms with Gasteiger partial charge in [-0.25, -0.2) is 4.79 Å². The van der Waals surface area contributed by atoms with Gasteiger partial charge in [0.05, 0.1) is 23.9 Å². The van der Waals surface area contributed by atoms with Crippen molar-refractivity contribution in [2.24, 2.45) is 0 Å². The molecule has 0 radical (unpaired) electrons. The first-order valence-electron chi connectivity index (χ1n) is 9.60. The van der Waals surface area contributed by atoms with Gasteiger partial charge in [0.15, 0.2) is 0 Å². The summed E-state index contributed by atoms with van der Waals surface area (Å²) >= 11 is 0. The van der Waals surface area contributed by atoms with Crippen LogP contribution < -0.4 is 11.0 Å². The zero-order valence-electron chi connectivity index (χ0n) is 17.3. The molecule has 11 nitrogen and oxygen atoms in total. The predicted molar refractivity (Wildman–Crippen MR) is 105 cm³/mol. The van der Waals surface area contributed by atoms with Crippen LogP contribution in [-0.2, 0) is 14.3 Å². The van der Waals surface area contributed by atoms with Gasteiger partial charge >= 0.3 is 5.69 Å². The summed E-state index contributed by atoms with van der Waals surface area (Å²) in [6.07, 6.45) is 1.53. The summed E-state index contributed by atoms with van der Waals surface area (Å²) in [5.41, 5.74) is -1.42. The first-order valence-corrected chi connectivity index (χ1v) is 9.60. The number of carbonyl (C=O) groups is 3. The lowest BCUT2D eigenvalue weighted by molar-refractivity contribution is -0.187. The van der Waals surface area contributed by atoms with Crippen molar-refractivity contribution in [3.05, 3.63) is 27.9 Å². The van der Waals surface area contributed by atoms with Gasteiger partial charge in [-0.3, -0.25) is 14.4 Å². The minimum atomic E-state index is -1.08. The molecule has 3 rings (SSSR count). The van der Waals surface area contributed by atoms with E-state index in [9.17, 15) is 19.5 Å². The number of H-pyrrole nitrogens is 1. The SMILES string of the molecule is CC(=O)N[C@H]1COC2(CCN(C(=O)c3cc(C)[nH]c(=O)n3)CC2)C[C@]1(C)O.O=CO. The Labute approximate surface area is 173 Å². The minimum absolute atomic E-state index is 0.134. The predicted octanol–water partition coefficient (Wildman–Crippen LogP) is -0.570. The summed E-state index contributed by atoms with van der Waals surface area (Å²) < 4.78 is 6.04. The number of amides is 2. The van der Waals surface area contributed by atoms with E-state index in [4.69, 9.17) is 14.6 Å². The van der Waals surface area contributed by atoms with E-state index in [0.717, 1.165) is 0 Å². The number of carboxylic acid groups (broad SMARTS) is 1. The third-order valence-corrected chi connectivity index (χ3v) is 5.42. The second kappa shape index (κ2) is 9.35. The van der Waals surface area contributed by atoms with Gasteiger partial charge in [0.25, 0.3) is 12.4 Å². The van der Waals surface area contributed by atoms with Crippen molar-refractivity contribution >= 4 is 18.3 Å². The number of aryl methyl sites for hydroxylation is 1. The highest BCUT2D eigenvalue weighted by molar-refractivity contribution is 5.92. The summed E-state index contributed by atoms with van der Waals surface area (Å²) in [5.74, 6) is -0.487. The van der Waals surface area contributed by atoms with Crippen LogP contribution in [-0.4, -0.2) is 80.3 Å². The molecule has 3 heterocycles. The third kappa shape index (κ3) is 5.63. The maximum Gasteiger partial charge on any atom is 0.345 e. The topological polar surface area (TPSA) is 162 Å². The van der Waals surface area contributed by atoms with Crippen LogP contribution in [0.25, 0.3) is 0 Å². The molecule has 0 aromatic carbocycles. The Kier molecular flexibility index (Phi) is 7.32. The maximum atomic E-state index is 12.6. The molecule has 30 heavy (non-hydrogen) atoms. The van der Waals surface area contributed by atoms with Crippen LogP contribution in [0.15, 0.2) is 10.9 Å². The summed E-state index contributed by atoms with van der Waals surface area (Å²) in [4.78, 5) is 51.8. The number of aromatic amines is 1. The van der Waals surface area contributed by atoms with Crippen molar-refractivity contribution in [2.45, 2.75) is 57.3 Å². The monoisotopic (exact) mass is 424 g/mol. The van der Waals surface area contributed by atoms with Crippen LogP contribution in [0.3, 0.4) is 0 Å². The molecular formula is C19H28N4O7. The largest absolute Gasteiger partial charge is 0.483 e. The molecule has 0 unspecified atom stereocenters. The van der Waals surface area contributed by atoms with Crippen molar-refractivity contribution in [1.29, 1.82) is 0 Å². The number of ether oxygens (including phenoxy) is 1. The number of likely N-dealkylation sites (tertiary alicyclic amines) is 1. The van der Waals surface area contributed by atoms with Crippen LogP contribution in [0.2, 0.25) is 0 Å². The Balaban J connectivity index is 0.00000101. The summed E-state index contributed by atoms with van der Waals surface area (Å²) in [6.45, 7) is 5.71. The molecule has 2 amide bonds. The molecule has 1 spiro atoms. The standard InChI is InChI=1S/C18H26N4O5.CH2O2/c1-11-8-13(21-16(25)19-11)15(24)22-6-4-18(5-7-22)10-17(3,26)14(9-27-18)20-12(2)23;2-1-3/h8,14,26H,4-7,9-10H2,1-3H3,(H,20,23)(H,19,21,25);1H,(H,2,3)/t14-,17-;/m0./s1. The summed E-state index contributed by atoms with van der Waals surface area (Å²) in [6, 6.07) is 1.11. The third-order valence-electron chi connectivity index (χ3n) is 5.42. The number of rotatable bonds is 2. The summed E-state index contributed by atoms with van der Waals surface area (Å²) in [7, 11) is 0. The highest BCUT2D eigenvalue weighted by Crippen LogP contribution is 2.39. The van der Waals surface area contributed by atoms with Gasteiger partial charge in [-0.15, -0.1) is 0 Å². The first kappa shape index (κ1) is 23.5. The molecule has 4 N–H and O–H groups in total. The fourth-order valence-corrected chi connectivity index (χ4v) is 4.00. The Morgan fingerprint density at radius 1 is 1.40 bits per heavy atom. The molecule has 2 fully saturated rings. The zero-order valence-corrected chi connectivity index (χ0v) is 17.3. The van der Waals surface area contributed by atoms with E-state index in [1.54, 1.807) is 24.8 Å². The van der Waals surface area contributed by atoms with Crippen molar-refractivity contribution in [3.8, 4) is 0 Å². The molecule has 2 aliphatic heterocycles. The highest BCUT2D eigenvalue weighted by Gasteiger charge is 2.49. The molecular weight excluding hydrogens is 396 g/mol. The number of hydrogen-bond acceptors (Lipinski definition) is 7. The van der Waals surface area contributed by atoms with E-state index in [0.29, 0.717) is 38.0 Å². The van der Waals surface area contributed by atoms with Crippen molar-refractivity contribution in [3.63, 3.8) is 0 Å². The second-order valence-corrected chi connectivity index (χ2v) is 7.93. The van der Waals surface area contributed by atoms with Gasteiger partial charge in [0.2, 0.25) is 5.91 Å². The first-order chi connectivity index (χ1) is 14.0. The number of piperidine rings is 1. The van der Waals surface area contributed by atoms with Gasteiger partial charge in [0, 0.05) is 32.1 Å². The maximum absolute atomic E-state index is 12.6. The van der Waals surface area contributed by atoms with Crippen LogP contribution in [0.4, 0.5) is 0 Å². The molecule has 2 saturated heterocycles. The van der Waals surface area contributed by atoms with Gasteiger partial charge < -0.3 is 30.2 Å². The van der Waals surface area contributed by atoms with Crippen LogP contribution >= 0.6 is 0 Å². The average molecular weight is 424 g/mol. The fourth-order valence-electron chi connectivity index (χ4n) is 4.00. The van der Waals surface area contributed by atoms with Crippen molar-refractivity contribution in [2.75, 3.05) is 19.7 Å². The van der Waals surface area contributed by atoms with Crippen LogP contribution in [0.5, 0.6) is 0 Å². The fraction of sp³-hybridized carbons (Fsp3) is 0.632. The minimum Gasteiger partial charge on any atom is -0.483 e. The zero-order chi connectivity index (χ0) is 22.5. The number of nitrogens with zero attached hydrogens (tertiary/aromatic N) is 2. The quantitative estimate of drug-likeness (QED) is 0.459. The molecule has 11 heteroatoms.